The number of para-hydroxylation sites is 1. The highest BCUT2D eigenvalue weighted by Crippen LogP contribution is 2.29. The first-order valence-corrected chi connectivity index (χ1v) is 9.64. The third-order valence-electron chi connectivity index (χ3n) is 5.26. The minimum Gasteiger partial charge on any atom is -0.493 e. The van der Waals surface area contributed by atoms with E-state index in [0.29, 0.717) is 21.8 Å². The highest BCUT2D eigenvalue weighted by molar-refractivity contribution is 5.98. The molecule has 3 amide bonds. The van der Waals surface area contributed by atoms with Crippen molar-refractivity contribution in [3.05, 3.63) is 30.0 Å². The summed E-state index contributed by atoms with van der Waals surface area (Å²) in [6.07, 6.45) is 5.62. The molecule has 9 nitrogen and oxygen atoms in total. The molecule has 1 unspecified atom stereocenters. The number of nitrogens with one attached hydrogen (secondary N) is 2. The number of hydroxylamine groups is 2. The lowest BCUT2D eigenvalue weighted by Crippen LogP contribution is -2.54. The fourth-order valence-electron chi connectivity index (χ4n) is 3.81. The molecule has 9 heteroatoms. The van der Waals surface area contributed by atoms with Crippen molar-refractivity contribution in [2.75, 3.05) is 7.11 Å². The van der Waals surface area contributed by atoms with E-state index in [1.807, 2.05) is 0 Å². The van der Waals surface area contributed by atoms with E-state index in [1.165, 1.54) is 13.2 Å². The molecule has 0 aliphatic heterocycles. The zero-order valence-electron chi connectivity index (χ0n) is 16.2. The van der Waals surface area contributed by atoms with Crippen LogP contribution in [0.5, 0.6) is 5.75 Å². The third-order valence-corrected chi connectivity index (χ3v) is 5.26. The van der Waals surface area contributed by atoms with Gasteiger partial charge in [0.05, 0.1) is 7.11 Å². The maximum Gasteiger partial charge on any atom is 0.305 e. The SMILES string of the molecule is COc1cccc2cc(C(=O)NNC(=O)C(C3CCCCCC3)N(O)C=O)oc12. The summed E-state index contributed by atoms with van der Waals surface area (Å²) < 4.78 is 10.7. The van der Waals surface area contributed by atoms with Crippen molar-refractivity contribution < 1.29 is 28.7 Å². The number of amides is 3. The van der Waals surface area contributed by atoms with Gasteiger partial charge in [-0.25, -0.2) is 5.06 Å². The zero-order valence-corrected chi connectivity index (χ0v) is 16.2. The fourth-order valence-corrected chi connectivity index (χ4v) is 3.81. The number of rotatable bonds is 6. The summed E-state index contributed by atoms with van der Waals surface area (Å²) in [7, 11) is 1.50. The second-order valence-electron chi connectivity index (χ2n) is 7.11. The van der Waals surface area contributed by atoms with Gasteiger partial charge in [-0.3, -0.25) is 30.4 Å². The van der Waals surface area contributed by atoms with Crippen molar-refractivity contribution in [2.24, 2.45) is 5.92 Å². The average molecular weight is 403 g/mol. The normalized spacial score (nSPS) is 15.9. The van der Waals surface area contributed by atoms with Gasteiger partial charge >= 0.3 is 5.91 Å². The Bertz CT molecular complexity index is 872. The van der Waals surface area contributed by atoms with Crippen LogP contribution in [0.2, 0.25) is 0 Å². The summed E-state index contributed by atoms with van der Waals surface area (Å²) >= 11 is 0. The lowest BCUT2D eigenvalue weighted by atomic mass is 9.91. The molecule has 1 atom stereocenters. The lowest BCUT2D eigenvalue weighted by molar-refractivity contribution is -0.173. The third kappa shape index (κ3) is 4.68. The Balaban J connectivity index is 1.68. The van der Waals surface area contributed by atoms with Crippen molar-refractivity contribution in [3.63, 3.8) is 0 Å². The molecule has 1 heterocycles. The van der Waals surface area contributed by atoms with Crippen molar-refractivity contribution >= 4 is 29.2 Å². The number of fused-ring (bicyclic) bond motifs is 1. The molecule has 1 aromatic carbocycles. The molecule has 1 saturated carbocycles. The van der Waals surface area contributed by atoms with Crippen LogP contribution in [0.25, 0.3) is 11.0 Å². The monoisotopic (exact) mass is 403 g/mol. The highest BCUT2D eigenvalue weighted by atomic mass is 16.5. The molecule has 0 bridgehead atoms. The molecular formula is C20H25N3O6. The van der Waals surface area contributed by atoms with Gasteiger partial charge in [-0.1, -0.05) is 37.8 Å². The van der Waals surface area contributed by atoms with Crippen LogP contribution in [-0.2, 0) is 9.59 Å². The number of ether oxygens (including phenoxy) is 1. The van der Waals surface area contributed by atoms with Crippen LogP contribution in [0, 0.1) is 5.92 Å². The molecule has 2 aromatic rings. The summed E-state index contributed by atoms with van der Waals surface area (Å²) in [5.41, 5.74) is 5.00. The highest BCUT2D eigenvalue weighted by Gasteiger charge is 2.33. The standard InChI is InChI=1S/C20H25N3O6/c1-28-15-10-6-9-14-11-16(29-18(14)15)19(25)21-22-20(26)17(23(27)12-24)13-7-4-2-3-5-8-13/h6,9-13,17,27H,2-5,7-8H2,1H3,(H,21,25)(H,22,26). The maximum absolute atomic E-state index is 12.6. The Labute approximate surface area is 167 Å². The number of nitrogens with zero attached hydrogens (tertiary/aromatic N) is 1. The van der Waals surface area contributed by atoms with Crippen LogP contribution in [-0.4, -0.2) is 41.6 Å². The molecule has 29 heavy (non-hydrogen) atoms. The van der Waals surface area contributed by atoms with E-state index in [-0.39, 0.29) is 18.1 Å². The Morgan fingerprint density at radius 2 is 1.97 bits per heavy atom. The summed E-state index contributed by atoms with van der Waals surface area (Å²) in [5.74, 6) is -1.02. The quantitative estimate of drug-likeness (QED) is 0.295. The molecule has 0 radical (unpaired) electrons. The van der Waals surface area contributed by atoms with E-state index >= 15 is 0 Å². The van der Waals surface area contributed by atoms with E-state index in [0.717, 1.165) is 38.5 Å². The van der Waals surface area contributed by atoms with E-state index in [1.54, 1.807) is 18.2 Å². The average Bonchev–Trinajstić information content (AvgIpc) is 3.01. The topological polar surface area (TPSA) is 121 Å². The number of hydrogen-bond donors (Lipinski definition) is 3. The molecule has 1 fully saturated rings. The molecule has 1 aliphatic carbocycles. The summed E-state index contributed by atoms with van der Waals surface area (Å²) in [6.45, 7) is 0. The summed E-state index contributed by atoms with van der Waals surface area (Å²) in [4.78, 5) is 36.1. The summed E-state index contributed by atoms with van der Waals surface area (Å²) in [5, 5.41) is 11.0. The molecule has 1 aromatic heterocycles. The summed E-state index contributed by atoms with van der Waals surface area (Å²) in [6, 6.07) is 5.72. The molecular weight excluding hydrogens is 378 g/mol. The number of carbonyl (C=O) groups is 3. The van der Waals surface area contributed by atoms with Gasteiger partial charge in [0.15, 0.2) is 17.1 Å². The van der Waals surface area contributed by atoms with Gasteiger partial charge in [-0.15, -0.1) is 0 Å². The Kier molecular flexibility index (Phi) is 6.71. The number of benzene rings is 1. The van der Waals surface area contributed by atoms with Crippen LogP contribution in [0.3, 0.4) is 0 Å². The van der Waals surface area contributed by atoms with Crippen molar-refractivity contribution in [3.8, 4) is 5.75 Å². The van der Waals surface area contributed by atoms with Gasteiger partial charge in [0, 0.05) is 5.39 Å². The van der Waals surface area contributed by atoms with Crippen molar-refractivity contribution in [2.45, 2.75) is 44.6 Å². The predicted octanol–water partition coefficient (Wildman–Crippen LogP) is 2.39. The lowest BCUT2D eigenvalue weighted by Gasteiger charge is -2.28. The van der Waals surface area contributed by atoms with Crippen LogP contribution < -0.4 is 15.6 Å². The second kappa shape index (κ2) is 9.42. The zero-order chi connectivity index (χ0) is 20.8. The van der Waals surface area contributed by atoms with Gasteiger partial charge in [0.1, 0.15) is 6.04 Å². The number of hydrogen-bond acceptors (Lipinski definition) is 6. The Hall–Kier alpha value is -3.07. The van der Waals surface area contributed by atoms with Gasteiger partial charge in [-0.2, -0.15) is 0 Å². The first-order valence-electron chi connectivity index (χ1n) is 9.64. The molecule has 0 spiro atoms. The number of carbonyl (C=O) groups excluding carboxylic acids is 3. The smallest absolute Gasteiger partial charge is 0.305 e. The predicted molar refractivity (Wildman–Crippen MR) is 103 cm³/mol. The molecule has 1 aliphatic rings. The minimum atomic E-state index is -1.07. The maximum atomic E-state index is 12.6. The Morgan fingerprint density at radius 1 is 1.24 bits per heavy atom. The first-order chi connectivity index (χ1) is 14.0. The van der Waals surface area contributed by atoms with Crippen molar-refractivity contribution in [1.82, 2.24) is 15.9 Å². The van der Waals surface area contributed by atoms with Crippen LogP contribution >= 0.6 is 0 Å². The van der Waals surface area contributed by atoms with E-state index in [2.05, 4.69) is 10.9 Å². The largest absolute Gasteiger partial charge is 0.493 e. The molecule has 3 N–H and O–H groups in total. The van der Waals surface area contributed by atoms with Gasteiger partial charge in [0.2, 0.25) is 6.41 Å². The Morgan fingerprint density at radius 3 is 2.62 bits per heavy atom. The van der Waals surface area contributed by atoms with E-state index in [9.17, 15) is 19.6 Å². The number of hydrazine groups is 1. The number of furan rings is 1. The molecule has 0 saturated heterocycles. The first kappa shape index (κ1) is 20.7. The molecule has 156 valence electrons. The van der Waals surface area contributed by atoms with Crippen LogP contribution in [0.4, 0.5) is 0 Å². The second-order valence-corrected chi connectivity index (χ2v) is 7.11. The van der Waals surface area contributed by atoms with Gasteiger partial charge in [-0.05, 0) is 30.9 Å². The van der Waals surface area contributed by atoms with Crippen molar-refractivity contribution in [1.29, 1.82) is 0 Å². The van der Waals surface area contributed by atoms with E-state index in [4.69, 9.17) is 9.15 Å². The minimum absolute atomic E-state index is 0.00735. The number of methoxy groups -OCH3 is 1. The van der Waals surface area contributed by atoms with Crippen LogP contribution in [0.1, 0.15) is 49.1 Å². The van der Waals surface area contributed by atoms with Gasteiger partial charge < -0.3 is 9.15 Å². The fraction of sp³-hybridized carbons (Fsp3) is 0.450. The molecule has 3 rings (SSSR count). The van der Waals surface area contributed by atoms with Crippen LogP contribution in [0.15, 0.2) is 28.7 Å². The van der Waals surface area contributed by atoms with Gasteiger partial charge in [0.25, 0.3) is 5.91 Å². The van der Waals surface area contributed by atoms with E-state index < -0.39 is 17.9 Å².